The van der Waals surface area contributed by atoms with Crippen LogP contribution in [0.4, 0.5) is 18.3 Å². The molecule has 1 aromatic carbocycles. The van der Waals surface area contributed by atoms with Crippen LogP contribution in [0.3, 0.4) is 0 Å². The van der Waals surface area contributed by atoms with Gasteiger partial charge in [0.2, 0.25) is 5.91 Å². The zero-order valence-corrected chi connectivity index (χ0v) is 12.4. The number of thiazole rings is 1. The Labute approximate surface area is 127 Å². The first-order valence-electron chi connectivity index (χ1n) is 5.86. The van der Waals surface area contributed by atoms with E-state index in [-0.39, 0.29) is 6.54 Å². The van der Waals surface area contributed by atoms with Crippen LogP contribution in [0.1, 0.15) is 0 Å². The topological polar surface area (TPSA) is 45.2 Å². The smallest absolute Gasteiger partial charge is 0.345 e. The summed E-state index contributed by atoms with van der Waals surface area (Å²) in [5.74, 6) is -0.722. The Morgan fingerprint density at radius 2 is 2.19 bits per heavy atom. The predicted octanol–water partition coefficient (Wildman–Crippen LogP) is 3.06. The molecule has 0 aliphatic heterocycles. The Morgan fingerprint density at radius 3 is 2.81 bits per heavy atom. The zero-order valence-electron chi connectivity index (χ0n) is 10.9. The van der Waals surface area contributed by atoms with Gasteiger partial charge in [0.25, 0.3) is 0 Å². The van der Waals surface area contributed by atoms with Gasteiger partial charge in [-0.15, -0.1) is 0 Å². The molecule has 0 atom stereocenters. The number of aromatic nitrogens is 1. The average molecular weight is 338 g/mol. The average Bonchev–Trinajstić information content (AvgIpc) is 2.81. The van der Waals surface area contributed by atoms with Crippen LogP contribution in [0, 0.1) is 0 Å². The van der Waals surface area contributed by atoms with Crippen molar-refractivity contribution in [3.63, 3.8) is 0 Å². The minimum absolute atomic E-state index is 0.215. The lowest BCUT2D eigenvalue weighted by molar-refractivity contribution is -0.137. The molecule has 0 fully saturated rings. The number of para-hydroxylation sites is 1. The molecular formula is C12H11ClF3N3OS. The van der Waals surface area contributed by atoms with Crippen LogP contribution in [0.5, 0.6) is 0 Å². The number of rotatable bonds is 4. The molecule has 1 aromatic heterocycles. The van der Waals surface area contributed by atoms with Crippen molar-refractivity contribution < 1.29 is 18.0 Å². The molecule has 4 nitrogen and oxygen atoms in total. The highest BCUT2D eigenvalue weighted by Crippen LogP contribution is 2.32. The van der Waals surface area contributed by atoms with Crippen molar-refractivity contribution in [2.75, 3.05) is 25.0 Å². The molecule has 21 heavy (non-hydrogen) atoms. The number of amides is 1. The maximum Gasteiger partial charge on any atom is 0.405 e. The quantitative estimate of drug-likeness (QED) is 0.932. The van der Waals surface area contributed by atoms with E-state index in [9.17, 15) is 18.0 Å². The van der Waals surface area contributed by atoms with Gasteiger partial charge in [0.05, 0.1) is 16.3 Å². The summed E-state index contributed by atoms with van der Waals surface area (Å²) in [5.41, 5.74) is 0.613. The maximum atomic E-state index is 12.0. The van der Waals surface area contributed by atoms with E-state index in [1.54, 1.807) is 19.2 Å². The third kappa shape index (κ3) is 4.21. The van der Waals surface area contributed by atoms with Gasteiger partial charge in [0.15, 0.2) is 5.13 Å². The van der Waals surface area contributed by atoms with Gasteiger partial charge < -0.3 is 10.2 Å². The van der Waals surface area contributed by atoms with Gasteiger partial charge in [-0.3, -0.25) is 4.79 Å². The molecule has 2 aromatic rings. The van der Waals surface area contributed by atoms with Gasteiger partial charge in [-0.2, -0.15) is 13.2 Å². The van der Waals surface area contributed by atoms with Gasteiger partial charge >= 0.3 is 6.18 Å². The van der Waals surface area contributed by atoms with Gasteiger partial charge in [-0.05, 0) is 12.1 Å². The third-order valence-electron chi connectivity index (χ3n) is 2.55. The highest BCUT2D eigenvalue weighted by molar-refractivity contribution is 7.22. The number of benzene rings is 1. The van der Waals surface area contributed by atoms with Crippen molar-refractivity contribution >= 4 is 44.2 Å². The molecule has 1 heterocycles. The summed E-state index contributed by atoms with van der Waals surface area (Å²) in [6, 6.07) is 5.31. The molecule has 1 N–H and O–H groups in total. The Hall–Kier alpha value is -1.54. The van der Waals surface area contributed by atoms with Crippen LogP contribution < -0.4 is 10.2 Å². The Morgan fingerprint density at radius 1 is 1.48 bits per heavy atom. The predicted molar refractivity (Wildman–Crippen MR) is 77.0 cm³/mol. The number of fused-ring (bicyclic) bond motifs is 1. The van der Waals surface area contributed by atoms with Crippen molar-refractivity contribution in [2.45, 2.75) is 6.18 Å². The minimum atomic E-state index is -4.42. The molecule has 9 heteroatoms. The summed E-state index contributed by atoms with van der Waals surface area (Å²) < 4.78 is 36.9. The SMILES string of the molecule is CN(CC(=O)NCC(F)(F)F)c1nc2c(Cl)cccc2s1. The molecule has 1 amide bonds. The summed E-state index contributed by atoms with van der Waals surface area (Å²) in [4.78, 5) is 17.2. The highest BCUT2D eigenvalue weighted by atomic mass is 35.5. The summed E-state index contributed by atoms with van der Waals surface area (Å²) in [6.45, 7) is -1.56. The zero-order chi connectivity index (χ0) is 15.6. The minimum Gasteiger partial charge on any atom is -0.345 e. The molecule has 0 spiro atoms. The first-order chi connectivity index (χ1) is 9.76. The second kappa shape index (κ2) is 6.07. The van der Waals surface area contributed by atoms with E-state index in [1.165, 1.54) is 16.2 Å². The van der Waals surface area contributed by atoms with Crippen molar-refractivity contribution in [2.24, 2.45) is 0 Å². The van der Waals surface area contributed by atoms with Crippen molar-refractivity contribution in [1.82, 2.24) is 10.3 Å². The van der Waals surface area contributed by atoms with Crippen LogP contribution in [-0.2, 0) is 4.79 Å². The molecule has 2 rings (SSSR count). The first kappa shape index (κ1) is 15.8. The molecular weight excluding hydrogens is 327 g/mol. The standard InChI is InChI=1S/C12H11ClF3N3OS/c1-19(5-9(20)17-6-12(14,15)16)11-18-10-7(13)3-2-4-8(10)21-11/h2-4H,5-6H2,1H3,(H,17,20). The number of halogens is 4. The number of nitrogens with zero attached hydrogens (tertiary/aromatic N) is 2. The molecule has 0 saturated heterocycles. The monoisotopic (exact) mass is 337 g/mol. The van der Waals surface area contributed by atoms with Crippen molar-refractivity contribution in [3.8, 4) is 0 Å². The highest BCUT2D eigenvalue weighted by Gasteiger charge is 2.27. The summed E-state index contributed by atoms with van der Waals surface area (Å²) in [5, 5.41) is 2.82. The van der Waals surface area contributed by atoms with E-state index in [4.69, 9.17) is 11.6 Å². The van der Waals surface area contributed by atoms with Crippen LogP contribution in [0.2, 0.25) is 5.02 Å². The van der Waals surface area contributed by atoms with Gasteiger partial charge in [-0.25, -0.2) is 4.98 Å². The maximum absolute atomic E-state index is 12.0. The van der Waals surface area contributed by atoms with E-state index in [2.05, 4.69) is 4.98 Å². The van der Waals surface area contributed by atoms with Crippen LogP contribution >= 0.6 is 22.9 Å². The summed E-state index contributed by atoms with van der Waals surface area (Å²) >= 11 is 7.32. The number of likely N-dealkylation sites (N-methyl/N-ethyl adjacent to an activating group) is 1. The van der Waals surface area contributed by atoms with Gasteiger partial charge in [0.1, 0.15) is 12.1 Å². The Kier molecular flexibility index (Phi) is 4.58. The first-order valence-corrected chi connectivity index (χ1v) is 7.05. The fourth-order valence-electron chi connectivity index (χ4n) is 1.60. The Balaban J connectivity index is 2.03. The fraction of sp³-hybridized carbons (Fsp3) is 0.333. The van der Waals surface area contributed by atoms with Crippen LogP contribution in [-0.4, -0.2) is 37.2 Å². The molecule has 114 valence electrons. The van der Waals surface area contributed by atoms with E-state index < -0.39 is 18.6 Å². The second-order valence-corrected chi connectivity index (χ2v) is 5.75. The molecule has 0 bridgehead atoms. The molecule has 0 saturated carbocycles. The molecule has 0 radical (unpaired) electrons. The van der Waals surface area contributed by atoms with Crippen LogP contribution in [0.25, 0.3) is 10.2 Å². The number of hydrogen-bond acceptors (Lipinski definition) is 4. The van der Waals surface area contributed by atoms with E-state index in [0.717, 1.165) is 4.70 Å². The number of nitrogens with one attached hydrogen (secondary N) is 1. The Bertz CT molecular complexity index is 659. The molecule has 0 unspecified atom stereocenters. The fourth-order valence-corrected chi connectivity index (χ4v) is 2.83. The van der Waals surface area contributed by atoms with Gasteiger partial charge in [-0.1, -0.05) is 29.0 Å². The number of hydrogen-bond donors (Lipinski definition) is 1. The van der Waals surface area contributed by atoms with Gasteiger partial charge in [0, 0.05) is 7.05 Å². The summed E-state index contributed by atoms with van der Waals surface area (Å²) in [7, 11) is 1.58. The number of alkyl halides is 3. The number of carbonyl (C=O) groups excluding carboxylic acids is 1. The molecule has 0 aliphatic rings. The normalized spacial score (nSPS) is 11.7. The number of anilines is 1. The lowest BCUT2D eigenvalue weighted by Crippen LogP contribution is -2.39. The van der Waals surface area contributed by atoms with Crippen LogP contribution in [0.15, 0.2) is 18.2 Å². The summed E-state index contributed by atoms with van der Waals surface area (Å²) in [6.07, 6.45) is -4.42. The lowest BCUT2D eigenvalue weighted by atomic mass is 10.3. The molecule has 0 aliphatic carbocycles. The second-order valence-electron chi connectivity index (χ2n) is 4.33. The third-order valence-corrected chi connectivity index (χ3v) is 3.99. The van der Waals surface area contributed by atoms with Crippen molar-refractivity contribution in [3.05, 3.63) is 23.2 Å². The number of carbonyl (C=O) groups is 1. The lowest BCUT2D eigenvalue weighted by Gasteiger charge is -2.15. The van der Waals surface area contributed by atoms with E-state index in [0.29, 0.717) is 15.7 Å². The van der Waals surface area contributed by atoms with Crippen molar-refractivity contribution in [1.29, 1.82) is 0 Å². The van der Waals surface area contributed by atoms with E-state index >= 15 is 0 Å². The largest absolute Gasteiger partial charge is 0.405 e. The van der Waals surface area contributed by atoms with E-state index in [1.807, 2.05) is 11.4 Å².